The van der Waals surface area contributed by atoms with E-state index in [1.807, 2.05) is 0 Å². The Kier molecular flexibility index (Phi) is 8.55. The Morgan fingerprint density at radius 3 is 2.58 bits per heavy atom. The third kappa shape index (κ3) is 6.75. The fraction of sp³-hybridized carbons (Fsp3) is 0.438. The summed E-state index contributed by atoms with van der Waals surface area (Å²) in [6, 6.07) is 3.47. The van der Waals surface area contributed by atoms with E-state index < -0.39 is 23.4 Å². The lowest BCUT2D eigenvalue weighted by Gasteiger charge is -2.09. The van der Waals surface area contributed by atoms with Gasteiger partial charge in [0.1, 0.15) is 11.3 Å². The molecule has 0 saturated heterocycles. The molecular weight excluding hydrogens is 348 g/mol. The van der Waals surface area contributed by atoms with E-state index in [2.05, 4.69) is 5.32 Å². The van der Waals surface area contributed by atoms with Gasteiger partial charge in [0.05, 0.1) is 18.6 Å². The minimum atomic E-state index is -0.924. The number of amides is 1. The molecule has 0 aromatic heterocycles. The maximum atomic E-state index is 12.0. The number of non-ortho nitro benzene ring substituents is 1. The molecule has 0 aliphatic carbocycles. The third-order valence-corrected chi connectivity index (χ3v) is 3.13. The molecule has 0 bridgehead atoms. The fourth-order valence-corrected chi connectivity index (χ4v) is 1.92. The van der Waals surface area contributed by atoms with Crippen LogP contribution in [0.2, 0.25) is 0 Å². The molecule has 0 spiro atoms. The monoisotopic (exact) mass is 368 g/mol. The van der Waals surface area contributed by atoms with E-state index in [9.17, 15) is 24.5 Å². The van der Waals surface area contributed by atoms with E-state index >= 15 is 0 Å². The Morgan fingerprint density at radius 1 is 1.23 bits per heavy atom. The summed E-state index contributed by atoms with van der Waals surface area (Å²) in [5, 5.41) is 13.3. The molecule has 1 amide bonds. The van der Waals surface area contributed by atoms with Gasteiger partial charge in [-0.2, -0.15) is 0 Å². The van der Waals surface area contributed by atoms with E-state index in [-0.39, 0.29) is 35.9 Å². The molecular formula is C16H20N2O8. The van der Waals surface area contributed by atoms with Gasteiger partial charge in [0.15, 0.2) is 6.61 Å². The van der Waals surface area contributed by atoms with Crippen molar-refractivity contribution in [3.63, 3.8) is 0 Å². The van der Waals surface area contributed by atoms with Gasteiger partial charge >= 0.3 is 11.9 Å². The number of carbonyl (C=O) groups excluding carboxylic acids is 3. The summed E-state index contributed by atoms with van der Waals surface area (Å²) in [5.74, 6) is -1.75. The van der Waals surface area contributed by atoms with Gasteiger partial charge < -0.3 is 19.5 Å². The summed E-state index contributed by atoms with van der Waals surface area (Å²) in [4.78, 5) is 44.9. The molecule has 0 heterocycles. The second kappa shape index (κ2) is 10.6. The number of nitro benzene ring substituents is 1. The van der Waals surface area contributed by atoms with E-state index in [0.29, 0.717) is 13.0 Å². The van der Waals surface area contributed by atoms with Crippen molar-refractivity contribution < 1.29 is 33.5 Å². The Balaban J connectivity index is 2.48. The molecule has 10 nitrogen and oxygen atoms in total. The minimum Gasteiger partial charge on any atom is -0.496 e. The van der Waals surface area contributed by atoms with Crippen LogP contribution in [0.25, 0.3) is 0 Å². The number of carbonyl (C=O) groups is 3. The lowest BCUT2D eigenvalue weighted by atomic mass is 10.2. The minimum absolute atomic E-state index is 0.0930. The van der Waals surface area contributed by atoms with E-state index in [1.54, 1.807) is 6.92 Å². The Hall–Kier alpha value is -3.17. The van der Waals surface area contributed by atoms with Crippen LogP contribution in [0.1, 0.15) is 30.1 Å². The molecule has 26 heavy (non-hydrogen) atoms. The summed E-state index contributed by atoms with van der Waals surface area (Å²) >= 11 is 0. The van der Waals surface area contributed by atoms with Crippen molar-refractivity contribution in [3.05, 3.63) is 33.9 Å². The number of hydrogen-bond acceptors (Lipinski definition) is 8. The average Bonchev–Trinajstić information content (AvgIpc) is 2.62. The molecule has 0 radical (unpaired) electrons. The van der Waals surface area contributed by atoms with Crippen molar-refractivity contribution in [2.24, 2.45) is 0 Å². The number of hydrogen-bond donors (Lipinski definition) is 1. The van der Waals surface area contributed by atoms with Crippen LogP contribution < -0.4 is 10.1 Å². The molecule has 1 aromatic rings. The first-order chi connectivity index (χ1) is 12.4. The van der Waals surface area contributed by atoms with Crippen LogP contribution >= 0.6 is 0 Å². The molecule has 1 rings (SSSR count). The summed E-state index contributed by atoms with van der Waals surface area (Å²) < 4.78 is 14.5. The van der Waals surface area contributed by atoms with Crippen molar-refractivity contribution in [2.45, 2.75) is 19.8 Å². The predicted molar refractivity (Wildman–Crippen MR) is 88.8 cm³/mol. The highest BCUT2D eigenvalue weighted by atomic mass is 16.6. The normalized spacial score (nSPS) is 9.92. The Morgan fingerprint density at radius 2 is 1.96 bits per heavy atom. The summed E-state index contributed by atoms with van der Waals surface area (Å²) in [7, 11) is 1.30. The number of nitrogens with one attached hydrogen (secondary N) is 1. The van der Waals surface area contributed by atoms with Crippen molar-refractivity contribution in [1.29, 1.82) is 0 Å². The van der Waals surface area contributed by atoms with Crippen LogP contribution in [0.15, 0.2) is 18.2 Å². The zero-order valence-corrected chi connectivity index (χ0v) is 14.5. The Bertz CT molecular complexity index is 674. The van der Waals surface area contributed by atoms with Gasteiger partial charge in [-0.3, -0.25) is 19.7 Å². The van der Waals surface area contributed by atoms with Crippen LogP contribution in [0.3, 0.4) is 0 Å². The SMILES string of the molecule is CCOC(=O)CCCNC(=O)COC(=O)c1cc([N+](=O)[O-])ccc1OC. The van der Waals surface area contributed by atoms with E-state index in [1.165, 1.54) is 19.2 Å². The number of nitrogens with zero attached hydrogens (tertiary/aromatic N) is 1. The van der Waals surface area contributed by atoms with Crippen molar-refractivity contribution in [3.8, 4) is 5.75 Å². The van der Waals surface area contributed by atoms with Gasteiger partial charge in [0.2, 0.25) is 0 Å². The maximum Gasteiger partial charge on any atom is 0.342 e. The zero-order chi connectivity index (χ0) is 19.5. The Labute approximate surface area is 149 Å². The quantitative estimate of drug-likeness (QED) is 0.282. The van der Waals surface area contributed by atoms with Gasteiger partial charge in [-0.25, -0.2) is 4.79 Å². The molecule has 10 heteroatoms. The van der Waals surface area contributed by atoms with Gasteiger partial charge in [-0.05, 0) is 19.4 Å². The topological polar surface area (TPSA) is 134 Å². The fourth-order valence-electron chi connectivity index (χ4n) is 1.92. The first kappa shape index (κ1) is 20.9. The molecule has 1 aromatic carbocycles. The average molecular weight is 368 g/mol. The van der Waals surface area contributed by atoms with Crippen molar-refractivity contribution >= 4 is 23.5 Å². The molecule has 142 valence electrons. The molecule has 0 fully saturated rings. The van der Waals surface area contributed by atoms with E-state index in [4.69, 9.17) is 14.2 Å². The maximum absolute atomic E-state index is 12.0. The molecule has 0 aliphatic rings. The predicted octanol–water partition coefficient (Wildman–Crippen LogP) is 1.22. The van der Waals surface area contributed by atoms with Gasteiger partial charge in [-0.1, -0.05) is 0 Å². The summed E-state index contributed by atoms with van der Waals surface area (Å²) in [6.45, 7) is 1.64. The highest BCUT2D eigenvalue weighted by Gasteiger charge is 2.19. The summed E-state index contributed by atoms with van der Waals surface area (Å²) in [5.41, 5.74) is -0.460. The van der Waals surface area contributed by atoms with Crippen LogP contribution in [-0.4, -0.2) is 49.6 Å². The van der Waals surface area contributed by atoms with E-state index in [0.717, 1.165) is 6.07 Å². The smallest absolute Gasteiger partial charge is 0.342 e. The second-order valence-corrected chi connectivity index (χ2v) is 4.98. The lowest BCUT2D eigenvalue weighted by Crippen LogP contribution is -2.30. The largest absolute Gasteiger partial charge is 0.496 e. The second-order valence-electron chi connectivity index (χ2n) is 4.98. The van der Waals surface area contributed by atoms with Crippen LogP contribution in [0, 0.1) is 10.1 Å². The first-order valence-electron chi connectivity index (χ1n) is 7.80. The molecule has 1 N–H and O–H groups in total. The van der Waals surface area contributed by atoms with Crippen LogP contribution in [0.4, 0.5) is 5.69 Å². The van der Waals surface area contributed by atoms with Crippen LogP contribution in [0.5, 0.6) is 5.75 Å². The number of benzene rings is 1. The number of nitro groups is 1. The number of esters is 2. The zero-order valence-electron chi connectivity index (χ0n) is 14.5. The number of ether oxygens (including phenoxy) is 3. The standard InChI is InChI=1S/C16H20N2O8/c1-3-25-15(20)5-4-8-17-14(19)10-26-16(21)12-9-11(18(22)23)6-7-13(12)24-2/h6-7,9H,3-5,8,10H2,1-2H3,(H,17,19). The number of rotatable bonds is 10. The van der Waals surface area contributed by atoms with Gasteiger partial charge in [0, 0.05) is 25.1 Å². The molecule has 0 saturated carbocycles. The lowest BCUT2D eigenvalue weighted by molar-refractivity contribution is -0.384. The molecule has 0 unspecified atom stereocenters. The third-order valence-electron chi connectivity index (χ3n) is 3.13. The highest BCUT2D eigenvalue weighted by molar-refractivity contribution is 5.94. The highest BCUT2D eigenvalue weighted by Crippen LogP contribution is 2.24. The van der Waals surface area contributed by atoms with Crippen molar-refractivity contribution in [2.75, 3.05) is 26.9 Å². The van der Waals surface area contributed by atoms with Crippen LogP contribution in [-0.2, 0) is 19.1 Å². The van der Waals surface area contributed by atoms with Crippen molar-refractivity contribution in [1.82, 2.24) is 5.32 Å². The first-order valence-corrected chi connectivity index (χ1v) is 7.80. The molecule has 0 atom stereocenters. The number of methoxy groups -OCH3 is 1. The van der Waals surface area contributed by atoms with Gasteiger partial charge in [-0.15, -0.1) is 0 Å². The van der Waals surface area contributed by atoms with Gasteiger partial charge in [0.25, 0.3) is 11.6 Å². The molecule has 0 aliphatic heterocycles. The summed E-state index contributed by atoms with van der Waals surface area (Å²) in [6.07, 6.45) is 0.552.